The Kier molecular flexibility index (Phi) is 5.22. The van der Waals surface area contributed by atoms with E-state index >= 15 is 0 Å². The highest BCUT2D eigenvalue weighted by atomic mass is 32.2. The molecule has 0 saturated carbocycles. The van der Waals surface area contributed by atoms with Gasteiger partial charge in [-0.1, -0.05) is 48.2 Å². The van der Waals surface area contributed by atoms with Gasteiger partial charge < -0.3 is 15.5 Å². The average molecular weight is 370 g/mol. The Morgan fingerprint density at radius 1 is 1.16 bits per heavy atom. The highest BCUT2D eigenvalue weighted by molar-refractivity contribution is 8.22. The lowest BCUT2D eigenvalue weighted by Gasteiger charge is -2.25. The Balaban J connectivity index is 1.83. The van der Waals surface area contributed by atoms with E-state index in [2.05, 4.69) is 5.32 Å². The van der Waals surface area contributed by atoms with Crippen LogP contribution in [-0.4, -0.2) is 16.1 Å². The smallest absolute Gasteiger partial charge is 0.264 e. The fourth-order valence-corrected chi connectivity index (χ4v) is 4.69. The number of hydrogen-bond acceptors (Lipinski definition) is 6. The molecule has 0 unspecified atom stereocenters. The first-order valence-electron chi connectivity index (χ1n) is 7.39. The molecule has 0 bridgehead atoms. The van der Waals surface area contributed by atoms with E-state index in [0.29, 0.717) is 15.6 Å². The number of nitriles is 1. The van der Waals surface area contributed by atoms with Gasteiger partial charge in [0.25, 0.3) is 5.91 Å². The second kappa shape index (κ2) is 7.55. The van der Waals surface area contributed by atoms with Crippen LogP contribution in [0.3, 0.4) is 0 Å². The number of phenolic OH excluding ortho intramolecular Hbond substituents is 2. The first-order valence-corrected chi connectivity index (χ1v) is 9.25. The molecule has 3 rings (SSSR count). The third-order valence-electron chi connectivity index (χ3n) is 3.55. The summed E-state index contributed by atoms with van der Waals surface area (Å²) in [5.41, 5.74) is 1.84. The molecule has 2 aromatic carbocycles. The zero-order valence-corrected chi connectivity index (χ0v) is 14.6. The van der Waals surface area contributed by atoms with Crippen LogP contribution in [-0.2, 0) is 10.5 Å². The van der Waals surface area contributed by atoms with Crippen LogP contribution in [0.1, 0.15) is 16.5 Å². The van der Waals surface area contributed by atoms with Crippen LogP contribution in [0.25, 0.3) is 0 Å². The second-order valence-electron chi connectivity index (χ2n) is 5.27. The third kappa shape index (κ3) is 3.92. The predicted octanol–water partition coefficient (Wildman–Crippen LogP) is 3.63. The molecule has 0 radical (unpaired) electrons. The van der Waals surface area contributed by atoms with Crippen molar-refractivity contribution in [1.29, 1.82) is 5.26 Å². The first kappa shape index (κ1) is 17.3. The Bertz CT molecular complexity index is 876. The van der Waals surface area contributed by atoms with Crippen LogP contribution in [0.5, 0.6) is 11.5 Å². The Labute approximate surface area is 153 Å². The number of carbonyl (C=O) groups excluding carboxylic acids is 1. The summed E-state index contributed by atoms with van der Waals surface area (Å²) in [6.45, 7) is 0. The standard InChI is InChI=1S/C18H14N2O3S2/c19-9-13-16(23)20-17(12-6-7-14(21)15(22)8-12)25-18(13)24-10-11-4-2-1-3-5-11/h1-8,17,21-22H,10H2,(H,20,23)/t17-/m1/s1. The molecule has 1 amide bonds. The quantitative estimate of drug-likeness (QED) is 0.712. The highest BCUT2D eigenvalue weighted by Gasteiger charge is 2.29. The van der Waals surface area contributed by atoms with Gasteiger partial charge in [0, 0.05) is 5.75 Å². The molecule has 25 heavy (non-hydrogen) atoms. The van der Waals surface area contributed by atoms with Crippen LogP contribution in [0.15, 0.2) is 58.3 Å². The monoisotopic (exact) mass is 370 g/mol. The van der Waals surface area contributed by atoms with Crippen molar-refractivity contribution in [3.05, 3.63) is 69.5 Å². The molecule has 126 valence electrons. The molecule has 0 fully saturated rings. The summed E-state index contributed by atoms with van der Waals surface area (Å²) >= 11 is 2.79. The van der Waals surface area contributed by atoms with Crippen molar-refractivity contribution in [3.8, 4) is 17.6 Å². The highest BCUT2D eigenvalue weighted by Crippen LogP contribution is 2.45. The number of nitrogens with one attached hydrogen (secondary N) is 1. The summed E-state index contributed by atoms with van der Waals surface area (Å²) in [5.74, 6) is -0.257. The number of rotatable bonds is 4. The lowest BCUT2D eigenvalue weighted by Crippen LogP contribution is -2.31. The van der Waals surface area contributed by atoms with Gasteiger partial charge in [-0.05, 0) is 23.3 Å². The fraction of sp³-hybridized carbons (Fsp3) is 0.111. The van der Waals surface area contributed by atoms with E-state index in [1.165, 1.54) is 35.7 Å². The maximum Gasteiger partial charge on any atom is 0.264 e. The maximum atomic E-state index is 12.3. The zero-order valence-electron chi connectivity index (χ0n) is 13.0. The Morgan fingerprint density at radius 3 is 2.60 bits per heavy atom. The molecular formula is C18H14N2O3S2. The molecule has 1 aliphatic rings. The van der Waals surface area contributed by atoms with Crippen LogP contribution in [0, 0.1) is 11.3 Å². The van der Waals surface area contributed by atoms with E-state index in [1.54, 1.807) is 6.07 Å². The van der Waals surface area contributed by atoms with E-state index in [9.17, 15) is 20.3 Å². The minimum atomic E-state index is -0.436. The number of aromatic hydroxyl groups is 2. The zero-order chi connectivity index (χ0) is 17.8. The Morgan fingerprint density at radius 2 is 1.92 bits per heavy atom. The van der Waals surface area contributed by atoms with Crippen molar-refractivity contribution in [2.24, 2.45) is 0 Å². The molecule has 1 heterocycles. The van der Waals surface area contributed by atoms with E-state index in [0.717, 1.165) is 5.56 Å². The summed E-state index contributed by atoms with van der Waals surface area (Å²) in [6.07, 6.45) is 0. The lowest BCUT2D eigenvalue weighted by molar-refractivity contribution is -0.117. The molecule has 1 atom stereocenters. The van der Waals surface area contributed by atoms with Crippen LogP contribution in [0.2, 0.25) is 0 Å². The molecule has 5 nitrogen and oxygen atoms in total. The second-order valence-corrected chi connectivity index (χ2v) is 7.63. The summed E-state index contributed by atoms with van der Waals surface area (Å²) < 4.78 is 0.646. The van der Waals surface area contributed by atoms with Gasteiger partial charge in [-0.2, -0.15) is 5.26 Å². The van der Waals surface area contributed by atoms with Gasteiger partial charge in [0.1, 0.15) is 17.0 Å². The van der Waals surface area contributed by atoms with Gasteiger partial charge in [-0.15, -0.1) is 11.8 Å². The summed E-state index contributed by atoms with van der Waals surface area (Å²) in [4.78, 5) is 12.3. The molecule has 0 saturated heterocycles. The topological polar surface area (TPSA) is 93.3 Å². The molecule has 2 aromatic rings. The summed E-state index contributed by atoms with van der Waals surface area (Å²) in [5, 5.41) is 30.7. The molecular weight excluding hydrogens is 356 g/mol. The van der Waals surface area contributed by atoms with Gasteiger partial charge in [0.15, 0.2) is 11.5 Å². The van der Waals surface area contributed by atoms with Crippen molar-refractivity contribution < 1.29 is 15.0 Å². The largest absolute Gasteiger partial charge is 0.504 e. The SMILES string of the molecule is N#CC1=C(SCc2ccccc2)S[C@H](c2ccc(O)c(O)c2)NC1=O. The number of nitrogens with zero attached hydrogens (tertiary/aromatic N) is 1. The van der Waals surface area contributed by atoms with Crippen molar-refractivity contribution in [2.75, 3.05) is 0 Å². The van der Waals surface area contributed by atoms with E-state index in [4.69, 9.17) is 0 Å². The molecule has 3 N–H and O–H groups in total. The fourth-order valence-electron chi connectivity index (χ4n) is 2.26. The van der Waals surface area contributed by atoms with Crippen molar-refractivity contribution >= 4 is 29.4 Å². The predicted molar refractivity (Wildman–Crippen MR) is 98.6 cm³/mol. The van der Waals surface area contributed by atoms with Gasteiger partial charge in [0.2, 0.25) is 0 Å². The van der Waals surface area contributed by atoms with Crippen LogP contribution < -0.4 is 5.32 Å². The molecule has 7 heteroatoms. The van der Waals surface area contributed by atoms with Gasteiger partial charge in [0.05, 0.1) is 4.24 Å². The van der Waals surface area contributed by atoms with Crippen molar-refractivity contribution in [1.82, 2.24) is 5.32 Å². The van der Waals surface area contributed by atoms with Gasteiger partial charge in [-0.3, -0.25) is 4.79 Å². The lowest BCUT2D eigenvalue weighted by atomic mass is 10.2. The minimum Gasteiger partial charge on any atom is -0.504 e. The van der Waals surface area contributed by atoms with Gasteiger partial charge >= 0.3 is 0 Å². The molecule has 1 aliphatic heterocycles. The molecule has 0 spiro atoms. The number of benzene rings is 2. The van der Waals surface area contributed by atoms with E-state index in [-0.39, 0.29) is 17.1 Å². The number of carbonyl (C=O) groups is 1. The number of hydrogen-bond donors (Lipinski definition) is 3. The third-order valence-corrected chi connectivity index (χ3v) is 6.18. The number of thioether (sulfide) groups is 2. The normalized spacial score (nSPS) is 17.1. The van der Waals surface area contributed by atoms with Crippen molar-refractivity contribution in [2.45, 2.75) is 11.1 Å². The average Bonchev–Trinajstić information content (AvgIpc) is 2.62. The minimum absolute atomic E-state index is 0.102. The van der Waals surface area contributed by atoms with Crippen LogP contribution in [0.4, 0.5) is 0 Å². The maximum absolute atomic E-state index is 12.3. The summed E-state index contributed by atoms with van der Waals surface area (Å²) in [7, 11) is 0. The molecule has 0 aliphatic carbocycles. The summed E-state index contributed by atoms with van der Waals surface area (Å²) in [6, 6.07) is 16.2. The first-order chi connectivity index (χ1) is 12.1. The van der Waals surface area contributed by atoms with E-state index < -0.39 is 11.3 Å². The van der Waals surface area contributed by atoms with Crippen LogP contribution >= 0.6 is 23.5 Å². The van der Waals surface area contributed by atoms with Crippen molar-refractivity contribution in [3.63, 3.8) is 0 Å². The number of phenols is 2. The number of amides is 1. The van der Waals surface area contributed by atoms with E-state index in [1.807, 2.05) is 36.4 Å². The van der Waals surface area contributed by atoms with Gasteiger partial charge in [-0.25, -0.2) is 0 Å². The molecule has 0 aromatic heterocycles. The Hall–Kier alpha value is -2.56.